The van der Waals surface area contributed by atoms with Crippen LogP contribution in [0.4, 0.5) is 0 Å². The molecule has 2 fully saturated rings. The van der Waals surface area contributed by atoms with Crippen LogP contribution in [0.1, 0.15) is 74.7 Å². The summed E-state index contributed by atoms with van der Waals surface area (Å²) in [4.78, 5) is 46.3. The highest BCUT2D eigenvalue weighted by atomic mass is 32.2. The van der Waals surface area contributed by atoms with Crippen LogP contribution >= 0.6 is 11.8 Å². The van der Waals surface area contributed by atoms with Crippen molar-refractivity contribution >= 4 is 29.5 Å². The topological polar surface area (TPSA) is 87.2 Å². The highest BCUT2D eigenvalue weighted by Crippen LogP contribution is 2.66. The summed E-state index contributed by atoms with van der Waals surface area (Å²) in [5, 5.41) is 10.5. The lowest BCUT2D eigenvalue weighted by atomic mass is 9.74. The van der Waals surface area contributed by atoms with Crippen molar-refractivity contribution in [2.24, 2.45) is 23.2 Å². The Bertz CT molecular complexity index is 1030. The van der Waals surface area contributed by atoms with E-state index in [-0.39, 0.29) is 42.3 Å². The number of fused-ring (bicyclic) bond motifs is 2. The Labute approximate surface area is 232 Å². The van der Waals surface area contributed by atoms with E-state index in [1.807, 2.05) is 36.1 Å². The van der Waals surface area contributed by atoms with E-state index >= 15 is 0 Å². The van der Waals surface area contributed by atoms with E-state index < -0.39 is 39.0 Å². The monoisotopic (exact) mass is 546 g/mol. The number of thioether (sulfide) groups is 1. The van der Waals surface area contributed by atoms with Gasteiger partial charge in [-0.15, -0.1) is 11.8 Å². The second-order valence-electron chi connectivity index (χ2n) is 14.0. The van der Waals surface area contributed by atoms with Gasteiger partial charge in [-0.3, -0.25) is 14.4 Å². The summed E-state index contributed by atoms with van der Waals surface area (Å²) in [7, 11) is 0. The van der Waals surface area contributed by atoms with Gasteiger partial charge in [-0.25, -0.2) is 0 Å². The molecule has 0 radical (unpaired) electrons. The first-order chi connectivity index (χ1) is 17.6. The largest absolute Gasteiger partial charge is 0.465 e. The summed E-state index contributed by atoms with van der Waals surface area (Å²) in [6.07, 6.45) is 10.1. The van der Waals surface area contributed by atoms with Gasteiger partial charge in [-0.05, 0) is 51.4 Å². The fourth-order valence-electron chi connectivity index (χ4n) is 7.58. The molecule has 1 spiro atoms. The predicted molar refractivity (Wildman–Crippen MR) is 150 cm³/mol. The van der Waals surface area contributed by atoms with E-state index in [9.17, 15) is 19.5 Å². The van der Waals surface area contributed by atoms with Gasteiger partial charge in [0.15, 0.2) is 0 Å². The molecular formula is C30H46N2O5S. The quantitative estimate of drug-likeness (QED) is 0.397. The molecule has 2 amide bonds. The first-order valence-electron chi connectivity index (χ1n) is 14.0. The maximum Gasteiger partial charge on any atom is 0.311 e. The van der Waals surface area contributed by atoms with Gasteiger partial charge in [0.1, 0.15) is 6.04 Å². The maximum absolute atomic E-state index is 14.7. The first-order valence-corrected chi connectivity index (χ1v) is 14.9. The third-order valence-corrected chi connectivity index (χ3v) is 10.3. The number of cyclic esters (lactones) is 1. The molecule has 8 heteroatoms. The summed E-state index contributed by atoms with van der Waals surface area (Å²) in [6, 6.07) is -1.32. The van der Waals surface area contributed by atoms with Gasteiger partial charge >= 0.3 is 5.97 Å². The molecular weight excluding hydrogens is 500 g/mol. The number of hydrogen-bond donors (Lipinski definition) is 1. The van der Waals surface area contributed by atoms with Crippen LogP contribution in [0.5, 0.6) is 0 Å². The number of likely N-dealkylation sites (tertiary alicyclic amines) is 1. The molecule has 2 saturated heterocycles. The van der Waals surface area contributed by atoms with Crippen LogP contribution in [0.3, 0.4) is 0 Å². The molecule has 4 heterocycles. The Kier molecular flexibility index (Phi) is 7.67. The molecule has 212 valence electrons. The van der Waals surface area contributed by atoms with Crippen molar-refractivity contribution in [2.45, 2.75) is 102 Å². The number of rotatable bonds is 6. The summed E-state index contributed by atoms with van der Waals surface area (Å²) in [6.45, 7) is 17.3. The highest BCUT2D eigenvalue weighted by molar-refractivity contribution is 8.02. The lowest BCUT2D eigenvalue weighted by Gasteiger charge is -2.46. The average molecular weight is 547 g/mol. The van der Waals surface area contributed by atoms with Gasteiger partial charge in [0.25, 0.3) is 0 Å². The molecule has 0 aliphatic carbocycles. The van der Waals surface area contributed by atoms with Crippen molar-refractivity contribution in [3.63, 3.8) is 0 Å². The van der Waals surface area contributed by atoms with Crippen LogP contribution in [-0.4, -0.2) is 79.6 Å². The number of carbonyl (C=O) groups excluding carboxylic acids is 3. The summed E-state index contributed by atoms with van der Waals surface area (Å²) in [5.41, 5.74) is -0.468. The third kappa shape index (κ3) is 4.85. The van der Waals surface area contributed by atoms with Crippen LogP contribution in [0.2, 0.25) is 0 Å². The summed E-state index contributed by atoms with van der Waals surface area (Å²) in [5.74, 6) is -1.95. The van der Waals surface area contributed by atoms with E-state index in [0.29, 0.717) is 19.4 Å². The van der Waals surface area contributed by atoms with Gasteiger partial charge < -0.3 is 19.6 Å². The minimum absolute atomic E-state index is 0.00788. The molecule has 4 aliphatic rings. The Balaban J connectivity index is 1.89. The summed E-state index contributed by atoms with van der Waals surface area (Å²) >= 11 is 1.56. The molecule has 0 bridgehead atoms. The molecule has 6 atom stereocenters. The minimum atomic E-state index is -0.932. The number of aliphatic hydroxyl groups is 1. The van der Waals surface area contributed by atoms with Crippen molar-refractivity contribution in [3.8, 4) is 0 Å². The van der Waals surface area contributed by atoms with Crippen molar-refractivity contribution in [1.29, 1.82) is 0 Å². The lowest BCUT2D eigenvalue weighted by Crippen LogP contribution is -2.60. The SMILES string of the molecule is CC(C)C[C@H](CO)N1C(=O)[C@@H]2[C@@H]3C(=O)OCCC=C[C@]3(C)S[C@@]23C=CCN(C(C)(C)CC(C)(C)C)C(=O)C13. The molecule has 1 unspecified atom stereocenters. The smallest absolute Gasteiger partial charge is 0.311 e. The van der Waals surface area contributed by atoms with E-state index in [1.165, 1.54) is 0 Å². The molecule has 0 saturated carbocycles. The minimum Gasteiger partial charge on any atom is -0.465 e. The third-order valence-electron chi connectivity index (χ3n) is 8.50. The standard InChI is InChI=1S/C30H46N2O5S/c1-19(2)16-20(17-33)32-23-25(35)31(28(6,7)18-27(3,4)5)14-11-13-30(23)21(24(32)34)22-26(36)37-15-10-9-12-29(22,8)38-30/h9,11-13,19-23,33H,10,14-18H2,1-8H3/t20-,21+,22-,23?,29+,30+/m1/s1. The van der Waals surface area contributed by atoms with Crippen molar-refractivity contribution in [2.75, 3.05) is 19.8 Å². The predicted octanol–water partition coefficient (Wildman–Crippen LogP) is 4.20. The number of amides is 2. The highest BCUT2D eigenvalue weighted by Gasteiger charge is 2.74. The number of esters is 1. The van der Waals surface area contributed by atoms with Crippen LogP contribution in [-0.2, 0) is 19.1 Å². The number of carbonyl (C=O) groups is 3. The Hall–Kier alpha value is -1.80. The lowest BCUT2D eigenvalue weighted by molar-refractivity contribution is -0.155. The Morgan fingerprint density at radius 3 is 2.37 bits per heavy atom. The van der Waals surface area contributed by atoms with Gasteiger partial charge in [-0.1, -0.05) is 58.9 Å². The van der Waals surface area contributed by atoms with Gasteiger partial charge in [0, 0.05) is 16.8 Å². The Morgan fingerprint density at radius 2 is 1.76 bits per heavy atom. The second kappa shape index (κ2) is 9.99. The Morgan fingerprint density at radius 1 is 1.08 bits per heavy atom. The zero-order chi connectivity index (χ0) is 28.3. The fraction of sp³-hybridized carbons (Fsp3) is 0.767. The van der Waals surface area contributed by atoms with Crippen molar-refractivity contribution in [3.05, 3.63) is 24.3 Å². The molecule has 38 heavy (non-hydrogen) atoms. The number of hydrogen-bond acceptors (Lipinski definition) is 6. The van der Waals surface area contributed by atoms with Gasteiger partial charge in [0.2, 0.25) is 11.8 Å². The maximum atomic E-state index is 14.7. The molecule has 4 aliphatic heterocycles. The molecule has 0 aromatic carbocycles. The van der Waals surface area contributed by atoms with Crippen LogP contribution in [0.25, 0.3) is 0 Å². The van der Waals surface area contributed by atoms with Crippen LogP contribution < -0.4 is 0 Å². The zero-order valence-electron chi connectivity index (χ0n) is 24.3. The van der Waals surface area contributed by atoms with E-state index in [1.54, 1.807) is 16.7 Å². The molecule has 0 aromatic heterocycles. The average Bonchev–Trinajstić information content (AvgIpc) is 3.09. The van der Waals surface area contributed by atoms with E-state index in [2.05, 4.69) is 48.5 Å². The fourth-order valence-corrected chi connectivity index (χ4v) is 9.72. The first kappa shape index (κ1) is 29.2. The molecule has 1 N–H and O–H groups in total. The second-order valence-corrected chi connectivity index (χ2v) is 15.8. The van der Waals surface area contributed by atoms with Crippen molar-refractivity contribution in [1.82, 2.24) is 9.80 Å². The van der Waals surface area contributed by atoms with Crippen molar-refractivity contribution < 1.29 is 24.2 Å². The zero-order valence-corrected chi connectivity index (χ0v) is 25.1. The van der Waals surface area contributed by atoms with E-state index in [4.69, 9.17) is 4.74 Å². The molecule has 0 aromatic rings. The normalized spacial score (nSPS) is 34.5. The number of nitrogens with zero attached hydrogens (tertiary/aromatic N) is 2. The van der Waals surface area contributed by atoms with Gasteiger partial charge in [0.05, 0.1) is 35.8 Å². The van der Waals surface area contributed by atoms with Gasteiger partial charge in [-0.2, -0.15) is 0 Å². The summed E-state index contributed by atoms with van der Waals surface area (Å²) < 4.78 is 4.01. The number of ether oxygens (including phenoxy) is 1. The molecule has 4 rings (SSSR count). The molecule has 7 nitrogen and oxygen atoms in total. The van der Waals surface area contributed by atoms with E-state index in [0.717, 1.165) is 6.42 Å². The van der Waals surface area contributed by atoms with Crippen LogP contribution in [0.15, 0.2) is 24.3 Å². The van der Waals surface area contributed by atoms with Crippen LogP contribution in [0, 0.1) is 23.2 Å². The number of aliphatic hydroxyl groups excluding tert-OH is 1.